The molecule has 0 saturated heterocycles. The fraction of sp³-hybridized carbons (Fsp3) is 0.421. The lowest BCUT2D eigenvalue weighted by atomic mass is 10.1. The second-order valence-corrected chi connectivity index (χ2v) is 6.63. The average Bonchev–Trinajstić information content (AvgIpc) is 3.21. The van der Waals surface area contributed by atoms with E-state index in [1.165, 1.54) is 17.5 Å². The van der Waals surface area contributed by atoms with E-state index in [4.69, 9.17) is 0 Å². The molecule has 25 heavy (non-hydrogen) atoms. The normalized spacial score (nSPS) is 14.0. The van der Waals surface area contributed by atoms with Gasteiger partial charge in [0, 0.05) is 30.4 Å². The largest absolute Gasteiger partial charge is 0.346 e. The number of hydrogen-bond acceptors (Lipinski definition) is 3. The van der Waals surface area contributed by atoms with Gasteiger partial charge in [-0.25, -0.2) is 4.98 Å². The van der Waals surface area contributed by atoms with Gasteiger partial charge in [0.15, 0.2) is 0 Å². The molecule has 0 fully saturated rings. The quantitative estimate of drug-likeness (QED) is 0.756. The number of H-pyrrole nitrogens is 1. The van der Waals surface area contributed by atoms with Crippen LogP contribution in [0.2, 0.25) is 0 Å². The van der Waals surface area contributed by atoms with Gasteiger partial charge in [-0.15, -0.1) is 0 Å². The lowest BCUT2D eigenvalue weighted by Gasteiger charge is -2.12. The van der Waals surface area contributed by atoms with Gasteiger partial charge in [-0.2, -0.15) is 0 Å². The van der Waals surface area contributed by atoms with Crippen LogP contribution in [0.25, 0.3) is 0 Å². The summed E-state index contributed by atoms with van der Waals surface area (Å²) in [5.74, 6) is 0.411. The smallest absolute Gasteiger partial charge is 0.224 e. The molecule has 2 aromatic rings. The average molecular weight is 340 g/mol. The Labute approximate surface area is 147 Å². The number of anilines is 1. The van der Waals surface area contributed by atoms with Gasteiger partial charge in [0.2, 0.25) is 11.8 Å². The standard InChI is InChI=1S/C19H24N4O2/c1-12-11-20-19(21-12)13(2)22-17(24)8-9-18(25)23-16-7-6-14-4-3-5-15(14)10-16/h6-7,10-11,13H,3-5,8-9H2,1-2H3,(H,20,21)(H,22,24)(H,23,25). The van der Waals surface area contributed by atoms with Gasteiger partial charge in [-0.3, -0.25) is 9.59 Å². The van der Waals surface area contributed by atoms with Crippen molar-refractivity contribution in [2.75, 3.05) is 5.32 Å². The van der Waals surface area contributed by atoms with E-state index in [1.54, 1.807) is 6.20 Å². The molecule has 1 unspecified atom stereocenters. The van der Waals surface area contributed by atoms with E-state index in [2.05, 4.69) is 26.7 Å². The second-order valence-electron chi connectivity index (χ2n) is 6.63. The van der Waals surface area contributed by atoms with E-state index in [1.807, 2.05) is 26.0 Å². The third kappa shape index (κ3) is 4.47. The van der Waals surface area contributed by atoms with Crippen molar-refractivity contribution in [1.82, 2.24) is 15.3 Å². The number of carbonyl (C=O) groups is 2. The molecule has 0 saturated carbocycles. The number of fused-ring (bicyclic) bond motifs is 1. The summed E-state index contributed by atoms with van der Waals surface area (Å²) in [4.78, 5) is 31.4. The van der Waals surface area contributed by atoms with Crippen LogP contribution in [-0.2, 0) is 22.4 Å². The predicted molar refractivity (Wildman–Crippen MR) is 96.2 cm³/mol. The molecule has 0 spiro atoms. The SMILES string of the molecule is Cc1cnc(C(C)NC(=O)CCC(=O)Nc2ccc3c(c2)CCC3)[nH]1. The highest BCUT2D eigenvalue weighted by Crippen LogP contribution is 2.24. The van der Waals surface area contributed by atoms with Crippen molar-refractivity contribution in [1.29, 1.82) is 0 Å². The highest BCUT2D eigenvalue weighted by molar-refractivity contribution is 5.93. The number of benzene rings is 1. The highest BCUT2D eigenvalue weighted by Gasteiger charge is 2.15. The number of rotatable bonds is 6. The summed E-state index contributed by atoms with van der Waals surface area (Å²) in [6.45, 7) is 3.77. The van der Waals surface area contributed by atoms with Gasteiger partial charge >= 0.3 is 0 Å². The van der Waals surface area contributed by atoms with Crippen LogP contribution in [0.15, 0.2) is 24.4 Å². The number of hydrogen-bond donors (Lipinski definition) is 3. The number of nitrogens with zero attached hydrogens (tertiary/aromatic N) is 1. The highest BCUT2D eigenvalue weighted by atomic mass is 16.2. The fourth-order valence-electron chi connectivity index (χ4n) is 3.14. The van der Waals surface area contributed by atoms with E-state index in [9.17, 15) is 9.59 Å². The Kier molecular flexibility index (Phi) is 5.16. The molecule has 1 aliphatic rings. The zero-order valence-electron chi connectivity index (χ0n) is 14.7. The summed E-state index contributed by atoms with van der Waals surface area (Å²) in [6.07, 6.45) is 5.42. The van der Waals surface area contributed by atoms with Crippen molar-refractivity contribution in [3.8, 4) is 0 Å². The third-order valence-corrected chi connectivity index (χ3v) is 4.47. The van der Waals surface area contributed by atoms with Crippen molar-refractivity contribution >= 4 is 17.5 Å². The predicted octanol–water partition coefficient (Wildman–Crippen LogP) is 2.80. The Hall–Kier alpha value is -2.63. The maximum absolute atomic E-state index is 12.1. The minimum Gasteiger partial charge on any atom is -0.346 e. The minimum atomic E-state index is -0.207. The number of carbonyl (C=O) groups excluding carboxylic acids is 2. The summed E-state index contributed by atoms with van der Waals surface area (Å²) >= 11 is 0. The molecule has 3 rings (SSSR count). The van der Waals surface area contributed by atoms with Crippen LogP contribution in [0.5, 0.6) is 0 Å². The first kappa shape index (κ1) is 17.2. The third-order valence-electron chi connectivity index (χ3n) is 4.47. The van der Waals surface area contributed by atoms with Gasteiger partial charge < -0.3 is 15.6 Å². The molecule has 0 bridgehead atoms. The number of amides is 2. The van der Waals surface area contributed by atoms with Crippen LogP contribution in [0.3, 0.4) is 0 Å². The molecule has 0 radical (unpaired) electrons. The molecule has 1 aromatic heterocycles. The second kappa shape index (κ2) is 7.51. The summed E-state index contributed by atoms with van der Waals surface area (Å²) in [7, 11) is 0. The molecule has 1 atom stereocenters. The van der Waals surface area contributed by atoms with Crippen molar-refractivity contribution in [3.63, 3.8) is 0 Å². The Morgan fingerprint density at radius 3 is 2.72 bits per heavy atom. The lowest BCUT2D eigenvalue weighted by Crippen LogP contribution is -2.28. The molecule has 1 aliphatic carbocycles. The van der Waals surface area contributed by atoms with Crippen LogP contribution >= 0.6 is 0 Å². The molecule has 1 heterocycles. The van der Waals surface area contributed by atoms with Crippen LogP contribution in [0, 0.1) is 6.92 Å². The first-order chi connectivity index (χ1) is 12.0. The van der Waals surface area contributed by atoms with E-state index < -0.39 is 0 Å². The van der Waals surface area contributed by atoms with Crippen LogP contribution in [-0.4, -0.2) is 21.8 Å². The summed E-state index contributed by atoms with van der Waals surface area (Å²) in [5, 5.41) is 5.73. The number of aryl methyl sites for hydroxylation is 3. The van der Waals surface area contributed by atoms with Crippen molar-refractivity contribution < 1.29 is 9.59 Å². The number of nitrogens with one attached hydrogen (secondary N) is 3. The molecule has 2 amide bonds. The molecular weight excluding hydrogens is 316 g/mol. The topological polar surface area (TPSA) is 86.9 Å². The fourth-order valence-corrected chi connectivity index (χ4v) is 3.14. The van der Waals surface area contributed by atoms with Crippen LogP contribution < -0.4 is 10.6 Å². The van der Waals surface area contributed by atoms with Crippen molar-refractivity contribution in [2.24, 2.45) is 0 Å². The molecule has 6 heteroatoms. The molecule has 3 N–H and O–H groups in total. The molecular formula is C19H24N4O2. The Morgan fingerprint density at radius 2 is 1.96 bits per heavy atom. The Morgan fingerprint density at radius 1 is 1.20 bits per heavy atom. The lowest BCUT2D eigenvalue weighted by molar-refractivity contribution is -0.124. The van der Waals surface area contributed by atoms with E-state index >= 15 is 0 Å². The van der Waals surface area contributed by atoms with E-state index in [-0.39, 0.29) is 30.7 Å². The monoisotopic (exact) mass is 340 g/mol. The first-order valence-corrected chi connectivity index (χ1v) is 8.74. The maximum Gasteiger partial charge on any atom is 0.224 e. The number of aromatic amines is 1. The molecule has 0 aliphatic heterocycles. The van der Waals surface area contributed by atoms with Crippen LogP contribution in [0.1, 0.15) is 54.9 Å². The summed E-state index contributed by atoms with van der Waals surface area (Å²) in [5.41, 5.74) is 4.45. The van der Waals surface area contributed by atoms with Crippen molar-refractivity contribution in [2.45, 2.75) is 52.0 Å². The zero-order valence-corrected chi connectivity index (χ0v) is 14.7. The summed E-state index contributed by atoms with van der Waals surface area (Å²) in [6, 6.07) is 5.85. The number of aromatic nitrogens is 2. The van der Waals surface area contributed by atoms with Crippen molar-refractivity contribution in [3.05, 3.63) is 47.0 Å². The van der Waals surface area contributed by atoms with Gasteiger partial charge in [-0.1, -0.05) is 6.07 Å². The molecule has 132 valence electrons. The minimum absolute atomic E-state index is 0.144. The van der Waals surface area contributed by atoms with Gasteiger partial charge in [-0.05, 0) is 56.4 Å². The van der Waals surface area contributed by atoms with E-state index in [0.717, 1.165) is 24.2 Å². The molecule has 1 aromatic carbocycles. The maximum atomic E-state index is 12.1. The number of imidazole rings is 1. The summed E-state index contributed by atoms with van der Waals surface area (Å²) < 4.78 is 0. The molecule has 6 nitrogen and oxygen atoms in total. The Bertz CT molecular complexity index is 781. The van der Waals surface area contributed by atoms with Gasteiger partial charge in [0.25, 0.3) is 0 Å². The van der Waals surface area contributed by atoms with Crippen LogP contribution in [0.4, 0.5) is 5.69 Å². The zero-order chi connectivity index (χ0) is 17.8. The Balaban J connectivity index is 1.44. The van der Waals surface area contributed by atoms with Gasteiger partial charge in [0.1, 0.15) is 5.82 Å². The van der Waals surface area contributed by atoms with E-state index in [0.29, 0.717) is 5.82 Å². The first-order valence-electron chi connectivity index (χ1n) is 8.74. The van der Waals surface area contributed by atoms with Gasteiger partial charge in [0.05, 0.1) is 6.04 Å².